The number of benzene rings is 1. The van der Waals surface area contributed by atoms with Crippen molar-refractivity contribution < 1.29 is 23.7 Å². The smallest absolute Gasteiger partial charge is 0.332 e. The molecule has 5 rings (SSSR count). The van der Waals surface area contributed by atoms with Gasteiger partial charge in [-0.15, -0.1) is 11.3 Å². The summed E-state index contributed by atoms with van der Waals surface area (Å²) in [6.45, 7) is 6.13. The first-order chi connectivity index (χ1) is 18.7. The summed E-state index contributed by atoms with van der Waals surface area (Å²) in [5.74, 6) is 1.02. The Morgan fingerprint density at radius 2 is 1.95 bits per heavy atom. The quantitative estimate of drug-likeness (QED) is 0.330. The zero-order valence-electron chi connectivity index (χ0n) is 22.5. The van der Waals surface area contributed by atoms with E-state index in [0.29, 0.717) is 45.5 Å². The predicted octanol–water partition coefficient (Wildman–Crippen LogP) is 3.90. The van der Waals surface area contributed by atoms with Gasteiger partial charge >= 0.3 is 5.69 Å². The molecule has 0 amide bonds. The maximum Gasteiger partial charge on any atom is 0.332 e. The second-order valence-corrected chi connectivity index (χ2v) is 11.3. The van der Waals surface area contributed by atoms with Crippen LogP contribution >= 0.6 is 11.3 Å². The maximum atomic E-state index is 14.0. The number of oxazole rings is 1. The molecule has 0 unspecified atom stereocenters. The first kappa shape index (κ1) is 27.3. The lowest BCUT2D eigenvalue weighted by Gasteiger charge is -2.29. The van der Waals surface area contributed by atoms with Crippen LogP contribution in [0.15, 0.2) is 50.7 Å². The SMILES string of the molecule is COc1ccccc1[C@H](Cn1c(=O)n(CC(C)(C)O)c(=O)c2c(C)c(-c3ncco3)sc21)OC1CCOCC1. The summed E-state index contributed by atoms with van der Waals surface area (Å²) in [7, 11) is 1.60. The van der Waals surface area contributed by atoms with E-state index in [1.54, 1.807) is 25.5 Å². The highest BCUT2D eigenvalue weighted by Gasteiger charge is 2.29. The number of rotatable bonds is 9. The second kappa shape index (κ2) is 11.1. The molecule has 4 heterocycles. The fourth-order valence-electron chi connectivity index (χ4n) is 4.98. The summed E-state index contributed by atoms with van der Waals surface area (Å²) in [5.41, 5.74) is -0.804. The molecule has 1 fully saturated rings. The minimum Gasteiger partial charge on any atom is -0.496 e. The molecule has 10 nitrogen and oxygen atoms in total. The van der Waals surface area contributed by atoms with Gasteiger partial charge in [-0.05, 0) is 45.2 Å². The molecule has 1 aliphatic rings. The third-order valence-electron chi connectivity index (χ3n) is 6.83. The molecule has 1 N–H and O–H groups in total. The van der Waals surface area contributed by atoms with E-state index in [0.717, 1.165) is 23.0 Å². The van der Waals surface area contributed by atoms with E-state index < -0.39 is 23.0 Å². The highest BCUT2D eigenvalue weighted by molar-refractivity contribution is 7.22. The fraction of sp³-hybridized carbons (Fsp3) is 0.464. The molecule has 1 aliphatic heterocycles. The molecule has 0 aliphatic carbocycles. The third kappa shape index (κ3) is 5.58. The van der Waals surface area contributed by atoms with Gasteiger partial charge in [0.2, 0.25) is 5.89 Å². The average Bonchev–Trinajstić information content (AvgIpc) is 3.56. The number of hydrogen-bond donors (Lipinski definition) is 1. The van der Waals surface area contributed by atoms with Crippen LogP contribution in [0.25, 0.3) is 21.0 Å². The standard InChI is InChI=1S/C28H33N3O7S/c1-17-22-25(32)31(16-28(2,3)34)27(33)30(26(22)39-23(17)24-29-11-14-37-24)15-21(38-18-9-12-36-13-10-18)19-7-5-6-8-20(19)35-4/h5-8,11,14,18,21,34H,9-10,12-13,15-16H2,1-4H3/t21-/m0/s1. The molecule has 39 heavy (non-hydrogen) atoms. The summed E-state index contributed by atoms with van der Waals surface area (Å²) < 4.78 is 26.0. The lowest BCUT2D eigenvalue weighted by Crippen LogP contribution is -2.45. The van der Waals surface area contributed by atoms with Gasteiger partial charge in [0, 0.05) is 18.8 Å². The summed E-state index contributed by atoms with van der Waals surface area (Å²) in [6, 6.07) is 7.57. The van der Waals surface area contributed by atoms with Crippen LogP contribution in [0.2, 0.25) is 0 Å². The number of para-hydroxylation sites is 1. The Morgan fingerprint density at radius 1 is 1.21 bits per heavy atom. The largest absolute Gasteiger partial charge is 0.496 e. The van der Waals surface area contributed by atoms with Crippen molar-refractivity contribution >= 4 is 21.6 Å². The molecule has 4 aromatic rings. The topological polar surface area (TPSA) is 118 Å². The lowest BCUT2D eigenvalue weighted by molar-refractivity contribution is -0.0753. The zero-order valence-corrected chi connectivity index (χ0v) is 23.3. The van der Waals surface area contributed by atoms with Gasteiger partial charge in [-0.3, -0.25) is 13.9 Å². The number of hydrogen-bond acceptors (Lipinski definition) is 9. The Morgan fingerprint density at radius 3 is 2.62 bits per heavy atom. The summed E-state index contributed by atoms with van der Waals surface area (Å²) in [5, 5.41) is 11.0. The van der Waals surface area contributed by atoms with Crippen LogP contribution in [0, 0.1) is 6.92 Å². The molecule has 1 aromatic carbocycles. The van der Waals surface area contributed by atoms with Gasteiger partial charge in [-0.2, -0.15) is 0 Å². The Hall–Kier alpha value is -3.25. The van der Waals surface area contributed by atoms with Crippen LogP contribution in [-0.4, -0.2) is 51.3 Å². The molecule has 1 saturated heterocycles. The summed E-state index contributed by atoms with van der Waals surface area (Å²) in [6.07, 6.45) is 3.87. The van der Waals surface area contributed by atoms with Crippen molar-refractivity contribution in [2.45, 2.75) is 64.5 Å². The Bertz CT molecular complexity index is 1560. The number of aliphatic hydroxyl groups is 1. The van der Waals surface area contributed by atoms with E-state index in [-0.39, 0.29) is 19.2 Å². The molecular formula is C28H33N3O7S. The van der Waals surface area contributed by atoms with Crippen molar-refractivity contribution in [1.82, 2.24) is 14.1 Å². The van der Waals surface area contributed by atoms with Crippen LogP contribution in [0.1, 0.15) is 43.9 Å². The van der Waals surface area contributed by atoms with Gasteiger partial charge in [-0.25, -0.2) is 9.78 Å². The molecule has 208 valence electrons. The Kier molecular flexibility index (Phi) is 7.77. The number of aryl methyl sites for hydroxylation is 1. The minimum atomic E-state index is -1.29. The zero-order chi connectivity index (χ0) is 27.7. The normalized spacial score (nSPS) is 15.6. The summed E-state index contributed by atoms with van der Waals surface area (Å²) >= 11 is 1.28. The predicted molar refractivity (Wildman–Crippen MR) is 148 cm³/mol. The molecule has 3 aromatic heterocycles. The van der Waals surface area contributed by atoms with Crippen LogP contribution in [-0.2, 0) is 22.6 Å². The van der Waals surface area contributed by atoms with Gasteiger partial charge in [0.25, 0.3) is 5.56 Å². The highest BCUT2D eigenvalue weighted by Crippen LogP contribution is 2.37. The number of ether oxygens (including phenoxy) is 3. The van der Waals surface area contributed by atoms with Gasteiger partial charge in [0.05, 0.1) is 48.4 Å². The first-order valence-corrected chi connectivity index (χ1v) is 13.7. The van der Waals surface area contributed by atoms with Crippen LogP contribution in [0.5, 0.6) is 5.75 Å². The van der Waals surface area contributed by atoms with Gasteiger partial charge in [0.1, 0.15) is 22.9 Å². The molecule has 0 saturated carbocycles. The molecule has 0 radical (unpaired) electrons. The van der Waals surface area contributed by atoms with E-state index in [2.05, 4.69) is 4.98 Å². The van der Waals surface area contributed by atoms with Crippen molar-refractivity contribution in [3.8, 4) is 16.5 Å². The number of methoxy groups -OCH3 is 1. The average molecular weight is 556 g/mol. The lowest BCUT2D eigenvalue weighted by atomic mass is 10.1. The van der Waals surface area contributed by atoms with Crippen LogP contribution in [0.3, 0.4) is 0 Å². The van der Waals surface area contributed by atoms with Crippen molar-refractivity contribution in [2.24, 2.45) is 0 Å². The summed E-state index contributed by atoms with van der Waals surface area (Å²) in [4.78, 5) is 33.1. The molecular weight excluding hydrogens is 522 g/mol. The Labute approximate surface area is 229 Å². The monoisotopic (exact) mass is 555 g/mol. The van der Waals surface area contributed by atoms with Gasteiger partial charge in [-0.1, -0.05) is 18.2 Å². The van der Waals surface area contributed by atoms with E-state index >= 15 is 0 Å². The molecule has 0 bridgehead atoms. The fourth-order valence-corrected chi connectivity index (χ4v) is 6.22. The third-order valence-corrected chi connectivity index (χ3v) is 8.13. The Balaban J connectivity index is 1.71. The van der Waals surface area contributed by atoms with Gasteiger partial charge in [0.15, 0.2) is 0 Å². The number of nitrogens with zero attached hydrogens (tertiary/aromatic N) is 3. The second-order valence-electron chi connectivity index (χ2n) is 10.3. The van der Waals surface area contributed by atoms with E-state index in [4.69, 9.17) is 18.6 Å². The van der Waals surface area contributed by atoms with E-state index in [1.807, 2.05) is 31.2 Å². The van der Waals surface area contributed by atoms with Gasteiger partial charge < -0.3 is 23.7 Å². The maximum absolute atomic E-state index is 14.0. The van der Waals surface area contributed by atoms with E-state index in [1.165, 1.54) is 23.8 Å². The van der Waals surface area contributed by atoms with Crippen LogP contribution in [0.4, 0.5) is 0 Å². The first-order valence-electron chi connectivity index (χ1n) is 12.9. The van der Waals surface area contributed by atoms with E-state index in [9.17, 15) is 14.7 Å². The number of aromatic nitrogens is 3. The minimum absolute atomic E-state index is 0.0601. The van der Waals surface area contributed by atoms with Crippen LogP contribution < -0.4 is 16.0 Å². The van der Waals surface area contributed by atoms with Crippen molar-refractivity contribution in [3.63, 3.8) is 0 Å². The number of thiophene rings is 1. The van der Waals surface area contributed by atoms with Crippen molar-refractivity contribution in [3.05, 3.63) is 68.7 Å². The van der Waals surface area contributed by atoms with Crippen molar-refractivity contribution in [1.29, 1.82) is 0 Å². The molecule has 11 heteroatoms. The number of fused-ring (bicyclic) bond motifs is 1. The highest BCUT2D eigenvalue weighted by atomic mass is 32.1. The molecule has 0 spiro atoms. The molecule has 1 atom stereocenters. The van der Waals surface area contributed by atoms with Crippen molar-refractivity contribution in [2.75, 3.05) is 20.3 Å².